The number of sulfonamides is 1. The van der Waals surface area contributed by atoms with Gasteiger partial charge in [0.1, 0.15) is 5.82 Å². The molecule has 1 aliphatic rings. The van der Waals surface area contributed by atoms with Gasteiger partial charge in [0.2, 0.25) is 10.0 Å². The van der Waals surface area contributed by atoms with Gasteiger partial charge in [-0.15, -0.1) is 0 Å². The largest absolute Gasteiger partial charge is 0.381 e. The minimum absolute atomic E-state index is 0.0558. The van der Waals surface area contributed by atoms with Gasteiger partial charge in [-0.1, -0.05) is 41.9 Å². The summed E-state index contributed by atoms with van der Waals surface area (Å²) in [7, 11) is -3.42. The molecule has 1 fully saturated rings. The smallest absolute Gasteiger partial charge is 0.235 e. The summed E-state index contributed by atoms with van der Waals surface area (Å²) in [5.41, 5.74) is 3.22. The average Bonchev–Trinajstić information content (AvgIpc) is 3.17. The van der Waals surface area contributed by atoms with Crippen molar-refractivity contribution in [3.05, 3.63) is 89.3 Å². The van der Waals surface area contributed by atoms with Crippen molar-refractivity contribution in [3.8, 4) is 11.3 Å². The standard InChI is InChI=1S/C25H21ClFN3O2S/c26-22-8-7-19(15-21(22)25-20-5-2-1-4-18(20)10-11-28-25)29-16-17-6-9-24(23(27)14-17)30-12-3-13-33(30,31)32/h1-2,4-11,14-15,29H,3,12-13,16H2. The lowest BCUT2D eigenvalue weighted by molar-refractivity contribution is 0.594. The van der Waals surface area contributed by atoms with E-state index in [0.717, 1.165) is 32.0 Å². The molecule has 1 saturated heterocycles. The van der Waals surface area contributed by atoms with Gasteiger partial charge in [0.25, 0.3) is 0 Å². The molecule has 0 aliphatic carbocycles. The van der Waals surface area contributed by atoms with Gasteiger partial charge in [-0.3, -0.25) is 9.29 Å². The summed E-state index contributed by atoms with van der Waals surface area (Å²) in [6, 6.07) is 20.2. The van der Waals surface area contributed by atoms with Gasteiger partial charge < -0.3 is 5.32 Å². The Hall–Kier alpha value is -3.16. The molecule has 33 heavy (non-hydrogen) atoms. The van der Waals surface area contributed by atoms with Crippen LogP contribution in [-0.2, 0) is 16.6 Å². The molecule has 1 aliphatic heterocycles. The van der Waals surface area contributed by atoms with Crippen LogP contribution in [-0.4, -0.2) is 25.7 Å². The number of hydrogen-bond donors (Lipinski definition) is 1. The van der Waals surface area contributed by atoms with Gasteiger partial charge in [-0.25, -0.2) is 12.8 Å². The van der Waals surface area contributed by atoms with E-state index in [9.17, 15) is 12.8 Å². The van der Waals surface area contributed by atoms with Crippen molar-refractivity contribution in [2.75, 3.05) is 21.9 Å². The molecule has 3 aromatic carbocycles. The Bertz CT molecular complexity index is 1450. The van der Waals surface area contributed by atoms with Crippen molar-refractivity contribution in [2.45, 2.75) is 13.0 Å². The van der Waals surface area contributed by atoms with Gasteiger partial charge in [-0.2, -0.15) is 0 Å². The van der Waals surface area contributed by atoms with Crippen LogP contribution in [0, 0.1) is 5.82 Å². The maximum atomic E-state index is 14.7. The highest BCUT2D eigenvalue weighted by molar-refractivity contribution is 7.93. The number of nitrogens with zero attached hydrogens (tertiary/aromatic N) is 2. The Labute approximate surface area is 196 Å². The van der Waals surface area contributed by atoms with E-state index in [1.165, 1.54) is 12.1 Å². The SMILES string of the molecule is O=S1(=O)CCCN1c1ccc(CNc2ccc(Cl)c(-c3nccc4ccccc34)c2)cc1F. The number of rotatable bonds is 5. The molecular weight excluding hydrogens is 461 g/mol. The Morgan fingerprint density at radius 3 is 2.70 bits per heavy atom. The zero-order valence-corrected chi connectivity index (χ0v) is 19.2. The molecule has 0 radical (unpaired) electrons. The zero-order valence-electron chi connectivity index (χ0n) is 17.6. The number of hydrogen-bond acceptors (Lipinski definition) is 4. The van der Waals surface area contributed by atoms with Gasteiger partial charge in [-0.05, 0) is 53.8 Å². The second-order valence-electron chi connectivity index (χ2n) is 7.96. The molecule has 5 nitrogen and oxygen atoms in total. The third-order valence-corrected chi connectivity index (χ3v) is 7.96. The summed E-state index contributed by atoms with van der Waals surface area (Å²) in [4.78, 5) is 4.55. The second kappa shape index (κ2) is 8.65. The minimum Gasteiger partial charge on any atom is -0.381 e. The molecule has 1 aromatic heterocycles. The molecule has 2 heterocycles. The molecule has 0 amide bonds. The first-order valence-corrected chi connectivity index (χ1v) is 12.6. The van der Waals surface area contributed by atoms with Crippen molar-refractivity contribution >= 4 is 43.8 Å². The predicted octanol–water partition coefficient (Wildman–Crippen LogP) is 5.85. The van der Waals surface area contributed by atoms with Crippen molar-refractivity contribution in [3.63, 3.8) is 0 Å². The minimum atomic E-state index is -3.42. The molecule has 0 spiro atoms. The van der Waals surface area contributed by atoms with E-state index in [0.29, 0.717) is 30.1 Å². The Morgan fingerprint density at radius 2 is 1.91 bits per heavy atom. The highest BCUT2D eigenvalue weighted by Crippen LogP contribution is 2.34. The van der Waals surface area contributed by atoms with Crippen molar-refractivity contribution in [1.82, 2.24) is 4.98 Å². The van der Waals surface area contributed by atoms with Crippen LogP contribution in [0.25, 0.3) is 22.0 Å². The summed E-state index contributed by atoms with van der Waals surface area (Å²) in [5, 5.41) is 5.97. The summed E-state index contributed by atoms with van der Waals surface area (Å²) in [5.74, 6) is -0.489. The van der Waals surface area contributed by atoms with Crippen molar-refractivity contribution in [1.29, 1.82) is 0 Å². The van der Waals surface area contributed by atoms with E-state index < -0.39 is 15.8 Å². The number of aromatic nitrogens is 1. The molecule has 8 heteroatoms. The molecular formula is C25H21ClFN3O2S. The quantitative estimate of drug-likeness (QED) is 0.388. The van der Waals surface area contributed by atoms with Crippen LogP contribution in [0.2, 0.25) is 5.02 Å². The summed E-state index contributed by atoms with van der Waals surface area (Å²) < 4.78 is 40.1. The summed E-state index contributed by atoms with van der Waals surface area (Å²) in [6.07, 6.45) is 2.27. The zero-order chi connectivity index (χ0) is 23.0. The summed E-state index contributed by atoms with van der Waals surface area (Å²) in [6.45, 7) is 0.681. The fourth-order valence-electron chi connectivity index (χ4n) is 4.13. The number of halogens is 2. The van der Waals surface area contributed by atoms with Crippen molar-refractivity contribution in [2.24, 2.45) is 0 Å². The third kappa shape index (κ3) is 4.26. The van der Waals surface area contributed by atoms with E-state index in [1.54, 1.807) is 12.3 Å². The van der Waals surface area contributed by atoms with Gasteiger partial charge >= 0.3 is 0 Å². The molecule has 1 N–H and O–H groups in total. The van der Waals surface area contributed by atoms with Gasteiger partial charge in [0.05, 0.1) is 22.2 Å². The first-order valence-electron chi connectivity index (χ1n) is 10.6. The highest BCUT2D eigenvalue weighted by atomic mass is 35.5. The third-order valence-electron chi connectivity index (χ3n) is 5.77. The van der Waals surface area contributed by atoms with Crippen LogP contribution >= 0.6 is 11.6 Å². The maximum Gasteiger partial charge on any atom is 0.235 e. The van der Waals surface area contributed by atoms with E-state index in [-0.39, 0.29) is 11.4 Å². The molecule has 0 bridgehead atoms. The molecule has 168 valence electrons. The van der Waals surface area contributed by atoms with Crippen LogP contribution in [0.3, 0.4) is 0 Å². The lowest BCUT2D eigenvalue weighted by Gasteiger charge is -2.18. The van der Waals surface area contributed by atoms with Crippen LogP contribution in [0.5, 0.6) is 0 Å². The van der Waals surface area contributed by atoms with E-state index in [2.05, 4.69) is 10.3 Å². The Kier molecular flexibility index (Phi) is 5.68. The van der Waals surface area contributed by atoms with Gasteiger partial charge in [0, 0.05) is 35.9 Å². The Balaban J connectivity index is 1.38. The van der Waals surface area contributed by atoms with Crippen LogP contribution in [0.4, 0.5) is 15.8 Å². The van der Waals surface area contributed by atoms with Crippen LogP contribution in [0.1, 0.15) is 12.0 Å². The van der Waals surface area contributed by atoms with Gasteiger partial charge in [0.15, 0.2) is 0 Å². The Morgan fingerprint density at radius 1 is 1.06 bits per heavy atom. The van der Waals surface area contributed by atoms with E-state index in [4.69, 9.17) is 11.6 Å². The topological polar surface area (TPSA) is 62.3 Å². The van der Waals surface area contributed by atoms with E-state index in [1.807, 2.05) is 48.5 Å². The first kappa shape index (κ1) is 21.7. The molecule has 4 aromatic rings. The molecule has 0 unspecified atom stereocenters. The summed E-state index contributed by atoms with van der Waals surface area (Å²) >= 11 is 6.50. The number of fused-ring (bicyclic) bond motifs is 1. The number of benzene rings is 3. The molecule has 5 rings (SSSR count). The average molecular weight is 482 g/mol. The fraction of sp³-hybridized carbons (Fsp3) is 0.160. The lowest BCUT2D eigenvalue weighted by atomic mass is 10.0. The number of anilines is 2. The highest BCUT2D eigenvalue weighted by Gasteiger charge is 2.30. The lowest BCUT2D eigenvalue weighted by Crippen LogP contribution is -2.26. The molecule has 0 saturated carbocycles. The fourth-order valence-corrected chi connectivity index (χ4v) is 5.90. The maximum absolute atomic E-state index is 14.7. The first-order chi connectivity index (χ1) is 15.9. The predicted molar refractivity (Wildman–Crippen MR) is 132 cm³/mol. The van der Waals surface area contributed by atoms with E-state index >= 15 is 0 Å². The second-order valence-corrected chi connectivity index (χ2v) is 10.4. The van der Waals surface area contributed by atoms with Crippen LogP contribution in [0.15, 0.2) is 72.9 Å². The number of pyridine rings is 1. The molecule has 0 atom stereocenters. The number of nitrogens with one attached hydrogen (secondary N) is 1. The normalized spacial score (nSPS) is 15.2. The van der Waals surface area contributed by atoms with Crippen LogP contribution < -0.4 is 9.62 Å². The monoisotopic (exact) mass is 481 g/mol. The van der Waals surface area contributed by atoms with Crippen molar-refractivity contribution < 1.29 is 12.8 Å².